The second-order valence-corrected chi connectivity index (χ2v) is 14.4. The van der Waals surface area contributed by atoms with Crippen molar-refractivity contribution in [2.75, 3.05) is 18.0 Å². The molecule has 0 spiro atoms. The maximum atomic E-state index is 14.8. The Bertz CT molecular complexity index is 1820. The van der Waals surface area contributed by atoms with E-state index in [0.29, 0.717) is 22.0 Å². The second kappa shape index (κ2) is 16.4. The van der Waals surface area contributed by atoms with Crippen LogP contribution in [0.5, 0.6) is 5.75 Å². The van der Waals surface area contributed by atoms with Gasteiger partial charge in [0.2, 0.25) is 11.8 Å². The number of halogens is 2. The molecule has 0 aliphatic heterocycles. The number of nitrogens with one attached hydrogen (secondary N) is 1. The Labute approximate surface area is 293 Å². The van der Waals surface area contributed by atoms with E-state index < -0.39 is 28.5 Å². The van der Waals surface area contributed by atoms with Crippen LogP contribution in [-0.4, -0.2) is 50.9 Å². The maximum Gasteiger partial charge on any atom is 0.264 e. The summed E-state index contributed by atoms with van der Waals surface area (Å²) in [6.45, 7) is 6.73. The number of benzene rings is 4. The smallest absolute Gasteiger partial charge is 0.264 e. The molecule has 1 N–H and O–H groups in total. The first kappa shape index (κ1) is 36.8. The highest BCUT2D eigenvalue weighted by Gasteiger charge is 2.36. The van der Waals surface area contributed by atoms with Crippen molar-refractivity contribution in [2.24, 2.45) is 0 Å². The zero-order chi connectivity index (χ0) is 35.0. The number of methoxy groups -OCH3 is 1. The summed E-state index contributed by atoms with van der Waals surface area (Å²) in [5, 5.41) is 3.64. The van der Waals surface area contributed by atoms with Gasteiger partial charge < -0.3 is 15.0 Å². The molecule has 2 atom stereocenters. The average Bonchev–Trinajstić information content (AvgIpc) is 3.06. The summed E-state index contributed by atoms with van der Waals surface area (Å²) in [7, 11) is -2.87. The predicted molar refractivity (Wildman–Crippen MR) is 192 cm³/mol. The van der Waals surface area contributed by atoms with Gasteiger partial charge in [-0.3, -0.25) is 13.9 Å². The van der Waals surface area contributed by atoms with Gasteiger partial charge in [0.1, 0.15) is 18.3 Å². The van der Waals surface area contributed by atoms with Gasteiger partial charge in [0.25, 0.3) is 10.0 Å². The van der Waals surface area contributed by atoms with Gasteiger partial charge in [0.05, 0.1) is 17.7 Å². The fraction of sp³-hybridized carbons (Fsp3) is 0.297. The topological polar surface area (TPSA) is 96.0 Å². The molecule has 48 heavy (non-hydrogen) atoms. The molecule has 0 saturated carbocycles. The molecule has 2 unspecified atom stereocenters. The molecule has 0 heterocycles. The van der Waals surface area contributed by atoms with Crippen LogP contribution in [-0.2, 0) is 32.6 Å². The van der Waals surface area contributed by atoms with E-state index in [2.05, 4.69) is 5.32 Å². The Morgan fingerprint density at radius 1 is 0.875 bits per heavy atom. The van der Waals surface area contributed by atoms with E-state index in [1.54, 1.807) is 48.5 Å². The normalized spacial score (nSPS) is 12.6. The van der Waals surface area contributed by atoms with E-state index in [1.165, 1.54) is 24.1 Å². The van der Waals surface area contributed by atoms with Gasteiger partial charge in [0.15, 0.2) is 0 Å². The van der Waals surface area contributed by atoms with Crippen LogP contribution in [0.3, 0.4) is 0 Å². The molecule has 0 bridgehead atoms. The third-order valence-electron chi connectivity index (χ3n) is 8.15. The fourth-order valence-corrected chi connectivity index (χ4v) is 7.13. The summed E-state index contributed by atoms with van der Waals surface area (Å²) in [5.41, 5.74) is 3.07. The minimum absolute atomic E-state index is 0.000469. The lowest BCUT2D eigenvalue weighted by Gasteiger charge is -2.35. The second-order valence-electron chi connectivity index (χ2n) is 11.7. The summed E-state index contributed by atoms with van der Waals surface area (Å²) in [6.07, 6.45) is 0.833. The third kappa shape index (κ3) is 8.89. The minimum Gasteiger partial charge on any atom is -0.495 e. The van der Waals surface area contributed by atoms with Gasteiger partial charge in [-0.1, -0.05) is 90.3 Å². The van der Waals surface area contributed by atoms with Crippen molar-refractivity contribution in [3.05, 3.63) is 123 Å². The van der Waals surface area contributed by atoms with Crippen molar-refractivity contribution in [3.8, 4) is 5.75 Å². The van der Waals surface area contributed by atoms with Gasteiger partial charge in [-0.15, -0.1) is 0 Å². The number of ether oxygens (including phenoxy) is 1. The molecule has 4 rings (SSSR count). The number of anilines is 1. The minimum atomic E-state index is -4.31. The van der Waals surface area contributed by atoms with Gasteiger partial charge in [-0.25, -0.2) is 8.42 Å². The van der Waals surface area contributed by atoms with Crippen molar-refractivity contribution in [3.63, 3.8) is 0 Å². The zero-order valence-electron chi connectivity index (χ0n) is 27.7. The quantitative estimate of drug-likeness (QED) is 0.148. The van der Waals surface area contributed by atoms with Gasteiger partial charge in [-0.05, 0) is 74.7 Å². The van der Waals surface area contributed by atoms with Crippen LogP contribution in [0.25, 0.3) is 0 Å². The van der Waals surface area contributed by atoms with Crippen LogP contribution in [0.1, 0.15) is 42.5 Å². The highest BCUT2D eigenvalue weighted by Crippen LogP contribution is 2.34. The number of nitrogens with zero attached hydrogens (tertiary/aromatic N) is 2. The molecule has 0 radical (unpaired) electrons. The van der Waals surface area contributed by atoms with Crippen LogP contribution in [0.15, 0.2) is 95.9 Å². The third-order valence-corrected chi connectivity index (χ3v) is 10.6. The monoisotopic (exact) mass is 709 g/mol. The molecule has 254 valence electrons. The van der Waals surface area contributed by atoms with Crippen molar-refractivity contribution in [1.29, 1.82) is 0 Å². The summed E-state index contributed by atoms with van der Waals surface area (Å²) >= 11 is 13.2. The fourth-order valence-electron chi connectivity index (χ4n) is 5.19. The first-order chi connectivity index (χ1) is 22.8. The Morgan fingerprint density at radius 2 is 1.50 bits per heavy atom. The number of amides is 2. The molecule has 0 aliphatic rings. The van der Waals surface area contributed by atoms with Gasteiger partial charge in [0, 0.05) is 34.6 Å². The molecule has 11 heteroatoms. The van der Waals surface area contributed by atoms with Crippen LogP contribution in [0.2, 0.25) is 10.0 Å². The Kier molecular flexibility index (Phi) is 12.5. The van der Waals surface area contributed by atoms with E-state index in [0.717, 1.165) is 21.0 Å². The zero-order valence-corrected chi connectivity index (χ0v) is 30.1. The summed E-state index contributed by atoms with van der Waals surface area (Å²) in [6, 6.07) is 24.6. The first-order valence-electron chi connectivity index (χ1n) is 15.7. The molecule has 0 saturated heterocycles. The number of hydrogen-bond acceptors (Lipinski definition) is 5. The number of rotatable bonds is 14. The Hall–Kier alpha value is -4.05. The molecule has 0 aromatic heterocycles. The Balaban J connectivity index is 1.89. The largest absolute Gasteiger partial charge is 0.495 e. The highest BCUT2D eigenvalue weighted by molar-refractivity contribution is 7.92. The molecular weight excluding hydrogens is 669 g/mol. The number of carbonyl (C=O) groups is 2. The lowest BCUT2D eigenvalue weighted by atomic mass is 10.0. The standard InChI is InChI=1S/C37H41Cl2N3O5S/c1-6-27(4)40-37(44)34(22-28-11-8-7-9-12-28)41(23-30-31(38)13-10-14-32(30)39)36(43)24-42(33-21-26(3)17-20-35(33)47-5)48(45,46)29-18-15-25(2)16-19-29/h7-21,27,34H,6,22-24H2,1-5H3,(H,40,44). The van der Waals surface area contributed by atoms with E-state index in [-0.39, 0.29) is 41.2 Å². The van der Waals surface area contributed by atoms with E-state index in [1.807, 2.05) is 58.0 Å². The first-order valence-corrected chi connectivity index (χ1v) is 17.9. The van der Waals surface area contributed by atoms with Crippen LogP contribution in [0, 0.1) is 13.8 Å². The van der Waals surface area contributed by atoms with Crippen molar-refractivity contribution in [1.82, 2.24) is 10.2 Å². The molecule has 4 aromatic rings. The number of aryl methyl sites for hydroxylation is 2. The van der Waals surface area contributed by atoms with Crippen molar-refractivity contribution in [2.45, 2.75) is 64.1 Å². The summed E-state index contributed by atoms with van der Waals surface area (Å²) in [4.78, 5) is 30.2. The maximum absolute atomic E-state index is 14.8. The lowest BCUT2D eigenvalue weighted by molar-refractivity contribution is -0.140. The number of carbonyl (C=O) groups excluding carboxylic acids is 2. The van der Waals surface area contributed by atoms with Crippen molar-refractivity contribution < 1.29 is 22.7 Å². The molecule has 0 fully saturated rings. The molecular formula is C37H41Cl2N3O5S. The van der Waals surface area contributed by atoms with Gasteiger partial charge in [-0.2, -0.15) is 0 Å². The molecule has 2 amide bonds. The highest BCUT2D eigenvalue weighted by atomic mass is 35.5. The average molecular weight is 711 g/mol. The van der Waals surface area contributed by atoms with E-state index in [4.69, 9.17) is 27.9 Å². The van der Waals surface area contributed by atoms with E-state index >= 15 is 0 Å². The predicted octanol–water partition coefficient (Wildman–Crippen LogP) is 7.37. The SMILES string of the molecule is CCC(C)NC(=O)C(Cc1ccccc1)N(Cc1c(Cl)cccc1Cl)C(=O)CN(c1cc(C)ccc1OC)S(=O)(=O)c1ccc(C)cc1. The van der Waals surface area contributed by atoms with Crippen LogP contribution in [0.4, 0.5) is 5.69 Å². The molecule has 4 aromatic carbocycles. The Morgan fingerprint density at radius 3 is 2.10 bits per heavy atom. The summed E-state index contributed by atoms with van der Waals surface area (Å²) < 4.78 is 35.4. The number of sulfonamides is 1. The summed E-state index contributed by atoms with van der Waals surface area (Å²) in [5.74, 6) is -0.753. The van der Waals surface area contributed by atoms with Crippen LogP contribution >= 0.6 is 23.2 Å². The number of hydrogen-bond donors (Lipinski definition) is 1. The van der Waals surface area contributed by atoms with E-state index in [9.17, 15) is 18.0 Å². The molecule has 0 aliphatic carbocycles. The van der Waals surface area contributed by atoms with Gasteiger partial charge >= 0.3 is 0 Å². The van der Waals surface area contributed by atoms with Crippen molar-refractivity contribution >= 4 is 50.7 Å². The lowest BCUT2D eigenvalue weighted by Crippen LogP contribution is -2.54. The molecule has 8 nitrogen and oxygen atoms in total. The van der Waals surface area contributed by atoms with Crippen LogP contribution < -0.4 is 14.4 Å².